The van der Waals surface area contributed by atoms with Crippen LogP contribution in [0.2, 0.25) is 0 Å². The predicted octanol–water partition coefficient (Wildman–Crippen LogP) is -3.59. The fraction of sp³-hybridized carbons (Fsp3) is 1.00. The van der Waals surface area contributed by atoms with Crippen molar-refractivity contribution in [3.8, 4) is 0 Å². The van der Waals surface area contributed by atoms with Crippen LogP contribution in [0.25, 0.3) is 0 Å². The summed E-state index contributed by atoms with van der Waals surface area (Å²) < 4.78 is 9.73. The fourth-order valence-corrected chi connectivity index (χ4v) is 1.97. The van der Waals surface area contributed by atoms with E-state index in [4.69, 9.17) is 19.7 Å². The van der Waals surface area contributed by atoms with Crippen molar-refractivity contribution in [2.45, 2.75) is 24.1 Å². The largest absolute Gasteiger partial charge is 0.396 e. The first kappa shape index (κ1) is 15.7. The van der Waals surface area contributed by atoms with E-state index in [2.05, 4.69) is 0 Å². The summed E-state index contributed by atoms with van der Waals surface area (Å²) in [7, 11) is 0. The van der Waals surface area contributed by atoms with E-state index < -0.39 is 36.6 Å². The second-order valence-corrected chi connectivity index (χ2v) is 4.17. The first-order valence-corrected chi connectivity index (χ1v) is 5.67. The fourth-order valence-electron chi connectivity index (χ4n) is 1.97. The molecule has 1 fully saturated rings. The van der Waals surface area contributed by atoms with Gasteiger partial charge in [-0.2, -0.15) is 0 Å². The Hall–Kier alpha value is -0.320. The third-order valence-electron chi connectivity index (χ3n) is 3.13. The number of hydrogen-bond donors (Lipinski definition) is 6. The minimum atomic E-state index is -2.09. The Morgan fingerprint density at radius 2 is 1.78 bits per heavy atom. The lowest BCUT2D eigenvalue weighted by atomic mass is 9.64. The van der Waals surface area contributed by atoms with E-state index in [1.807, 2.05) is 0 Å². The van der Waals surface area contributed by atoms with Gasteiger partial charge in [-0.15, -0.1) is 0 Å². The standard InChI is InChI=1S/C10H20O8/c11-1-2-17-3-4-18-9(15)10(16)6(5-12)7(13)8(10)14/h6-9,11-16H,1-5H2/t6?,7-,8?,9-,10?/m1/s1. The topological polar surface area (TPSA) is 140 Å². The quantitative estimate of drug-likeness (QED) is 0.196. The van der Waals surface area contributed by atoms with Gasteiger partial charge in [0.2, 0.25) is 0 Å². The highest BCUT2D eigenvalue weighted by Crippen LogP contribution is 2.41. The zero-order valence-electron chi connectivity index (χ0n) is 9.84. The smallest absolute Gasteiger partial charge is 0.186 e. The molecule has 8 heteroatoms. The molecule has 8 nitrogen and oxygen atoms in total. The minimum Gasteiger partial charge on any atom is -0.396 e. The Balaban J connectivity index is 2.38. The lowest BCUT2D eigenvalue weighted by Crippen LogP contribution is -2.76. The van der Waals surface area contributed by atoms with E-state index in [-0.39, 0.29) is 26.4 Å². The number of aliphatic hydroxyl groups excluding tert-OH is 5. The summed E-state index contributed by atoms with van der Waals surface area (Å²) in [6.07, 6.45) is -4.63. The lowest BCUT2D eigenvalue weighted by Gasteiger charge is -2.54. The van der Waals surface area contributed by atoms with Crippen molar-refractivity contribution >= 4 is 0 Å². The number of rotatable bonds is 8. The van der Waals surface area contributed by atoms with Crippen molar-refractivity contribution in [3.05, 3.63) is 0 Å². The van der Waals surface area contributed by atoms with Crippen LogP contribution in [0, 0.1) is 5.92 Å². The van der Waals surface area contributed by atoms with Gasteiger partial charge in [-0.05, 0) is 0 Å². The Labute approximate surface area is 104 Å². The van der Waals surface area contributed by atoms with E-state index in [0.717, 1.165) is 0 Å². The molecule has 0 spiro atoms. The highest BCUT2D eigenvalue weighted by Gasteiger charge is 2.64. The molecule has 6 N–H and O–H groups in total. The molecule has 0 radical (unpaired) electrons. The molecule has 1 saturated carbocycles. The molecule has 108 valence electrons. The number of aliphatic hydroxyl groups is 6. The Bertz CT molecular complexity index is 250. The van der Waals surface area contributed by atoms with E-state index >= 15 is 0 Å². The summed E-state index contributed by atoms with van der Waals surface area (Å²) in [5.74, 6) is -1.07. The predicted molar refractivity (Wildman–Crippen MR) is 57.4 cm³/mol. The zero-order chi connectivity index (χ0) is 13.8. The van der Waals surface area contributed by atoms with Crippen LogP contribution in [0.1, 0.15) is 0 Å². The average molecular weight is 268 g/mol. The van der Waals surface area contributed by atoms with Crippen LogP contribution in [0.5, 0.6) is 0 Å². The lowest BCUT2D eigenvalue weighted by molar-refractivity contribution is -0.348. The van der Waals surface area contributed by atoms with Crippen molar-refractivity contribution in [3.63, 3.8) is 0 Å². The van der Waals surface area contributed by atoms with Crippen LogP contribution < -0.4 is 0 Å². The molecule has 0 bridgehead atoms. The summed E-state index contributed by atoms with van der Waals surface area (Å²) in [6, 6.07) is 0. The van der Waals surface area contributed by atoms with E-state index in [9.17, 15) is 20.4 Å². The van der Waals surface area contributed by atoms with Gasteiger partial charge in [0.15, 0.2) is 11.9 Å². The highest BCUT2D eigenvalue weighted by molar-refractivity contribution is 5.12. The minimum absolute atomic E-state index is 0.0650. The molecule has 0 aromatic rings. The van der Waals surface area contributed by atoms with Gasteiger partial charge in [0, 0.05) is 5.92 Å². The van der Waals surface area contributed by atoms with E-state index in [1.54, 1.807) is 0 Å². The summed E-state index contributed by atoms with van der Waals surface area (Å²) >= 11 is 0. The maximum Gasteiger partial charge on any atom is 0.186 e. The summed E-state index contributed by atoms with van der Waals surface area (Å²) in [4.78, 5) is 0. The summed E-state index contributed by atoms with van der Waals surface area (Å²) in [6.45, 7) is -0.564. The molecular weight excluding hydrogens is 248 g/mol. The van der Waals surface area contributed by atoms with E-state index in [1.165, 1.54) is 0 Å². The van der Waals surface area contributed by atoms with Crippen LogP contribution in [0.4, 0.5) is 0 Å². The van der Waals surface area contributed by atoms with Crippen LogP contribution in [-0.4, -0.2) is 87.8 Å². The maximum absolute atomic E-state index is 9.95. The normalized spacial score (nSPS) is 37.3. The molecule has 0 aromatic heterocycles. The first-order chi connectivity index (χ1) is 8.50. The number of ether oxygens (including phenoxy) is 2. The van der Waals surface area contributed by atoms with Crippen LogP contribution in [0.3, 0.4) is 0 Å². The van der Waals surface area contributed by atoms with Crippen LogP contribution in [-0.2, 0) is 9.47 Å². The van der Waals surface area contributed by atoms with E-state index in [0.29, 0.717) is 0 Å². The molecule has 0 aromatic carbocycles. The Kier molecular flexibility index (Phi) is 5.89. The molecule has 1 rings (SSSR count). The van der Waals surface area contributed by atoms with Crippen LogP contribution >= 0.6 is 0 Å². The average Bonchev–Trinajstić information content (AvgIpc) is 2.37. The van der Waals surface area contributed by atoms with Crippen molar-refractivity contribution in [2.24, 2.45) is 5.92 Å². The van der Waals surface area contributed by atoms with Gasteiger partial charge in [0.25, 0.3) is 0 Å². The monoisotopic (exact) mass is 268 g/mol. The third kappa shape index (κ3) is 2.81. The van der Waals surface area contributed by atoms with Gasteiger partial charge in [-0.25, -0.2) is 0 Å². The summed E-state index contributed by atoms with van der Waals surface area (Å²) in [5.41, 5.74) is -2.09. The van der Waals surface area contributed by atoms with Gasteiger partial charge in [0.1, 0.15) is 6.10 Å². The van der Waals surface area contributed by atoms with Gasteiger partial charge < -0.3 is 40.1 Å². The molecule has 0 saturated heterocycles. The Morgan fingerprint density at radius 1 is 1.11 bits per heavy atom. The van der Waals surface area contributed by atoms with Crippen molar-refractivity contribution in [1.29, 1.82) is 0 Å². The molecule has 3 unspecified atom stereocenters. The van der Waals surface area contributed by atoms with Gasteiger partial charge in [-0.3, -0.25) is 0 Å². The molecular formula is C10H20O8. The molecule has 5 atom stereocenters. The van der Waals surface area contributed by atoms with Gasteiger partial charge >= 0.3 is 0 Å². The second kappa shape index (κ2) is 6.73. The first-order valence-electron chi connectivity index (χ1n) is 5.67. The SMILES string of the molecule is OCCOCCO[C@@H](O)C1(O)C(O)[C@H](O)C1CO. The van der Waals surface area contributed by atoms with Crippen molar-refractivity contribution < 1.29 is 40.1 Å². The van der Waals surface area contributed by atoms with Gasteiger partial charge in [-0.1, -0.05) is 0 Å². The third-order valence-corrected chi connectivity index (χ3v) is 3.13. The van der Waals surface area contributed by atoms with Gasteiger partial charge in [0.05, 0.1) is 39.1 Å². The summed E-state index contributed by atoms with van der Waals surface area (Å²) in [5, 5.41) is 55.7. The number of hydrogen-bond acceptors (Lipinski definition) is 8. The molecule has 0 amide bonds. The second-order valence-electron chi connectivity index (χ2n) is 4.17. The van der Waals surface area contributed by atoms with Crippen LogP contribution in [0.15, 0.2) is 0 Å². The molecule has 0 heterocycles. The zero-order valence-corrected chi connectivity index (χ0v) is 9.84. The molecule has 1 aliphatic rings. The molecule has 0 aliphatic heterocycles. The highest BCUT2D eigenvalue weighted by atomic mass is 16.6. The molecule has 18 heavy (non-hydrogen) atoms. The molecule has 1 aliphatic carbocycles. The van der Waals surface area contributed by atoms with Crippen molar-refractivity contribution in [2.75, 3.05) is 33.0 Å². The Morgan fingerprint density at radius 3 is 2.33 bits per heavy atom. The maximum atomic E-state index is 9.95. The van der Waals surface area contributed by atoms with Crippen molar-refractivity contribution in [1.82, 2.24) is 0 Å².